The van der Waals surface area contributed by atoms with E-state index in [1.807, 2.05) is 0 Å². The van der Waals surface area contributed by atoms with Crippen LogP contribution in [0.3, 0.4) is 0 Å². The molecule has 1 unspecified atom stereocenters. The van der Waals surface area contributed by atoms with Crippen LogP contribution in [0.2, 0.25) is 0 Å². The van der Waals surface area contributed by atoms with E-state index in [1.54, 1.807) is 0 Å². The number of aliphatic hydroxyl groups excluding tert-OH is 1. The summed E-state index contributed by atoms with van der Waals surface area (Å²) in [5.41, 5.74) is 1.10. The van der Waals surface area contributed by atoms with Crippen LogP contribution in [-0.4, -0.2) is 82.8 Å². The zero-order valence-corrected chi connectivity index (χ0v) is 19.3. The number of fused-ring (bicyclic) bond motifs is 1. The second-order valence-corrected chi connectivity index (χ2v) is 12.2. The fraction of sp³-hybridized carbons (Fsp3) is 1.00. The molecule has 1 N–H and O–H groups in total. The molecule has 0 bridgehead atoms. The molecular weight excluding hydrogens is 334 g/mol. The minimum Gasteiger partial charge on any atom is -0.395 e. The smallest absolute Gasteiger partial charge is 0.0587 e. The Hall–Kier alpha value is -0.160. The van der Waals surface area contributed by atoms with Gasteiger partial charge in [-0.15, -0.1) is 0 Å². The van der Waals surface area contributed by atoms with Crippen LogP contribution >= 0.6 is 0 Å². The molecule has 0 aromatic rings. The van der Waals surface area contributed by atoms with E-state index in [-0.39, 0.29) is 11.1 Å². The van der Waals surface area contributed by atoms with E-state index >= 15 is 0 Å². The van der Waals surface area contributed by atoms with Crippen LogP contribution in [-0.2, 0) is 0 Å². The van der Waals surface area contributed by atoms with E-state index in [0.29, 0.717) is 29.5 Å². The lowest BCUT2D eigenvalue weighted by Gasteiger charge is -2.53. The number of nitrogens with zero attached hydrogens (tertiary/aromatic N) is 3. The highest BCUT2D eigenvalue weighted by Crippen LogP contribution is 2.56. The van der Waals surface area contributed by atoms with Gasteiger partial charge in [-0.2, -0.15) is 0 Å². The Morgan fingerprint density at radius 3 is 2.11 bits per heavy atom. The second-order valence-electron chi connectivity index (χ2n) is 12.2. The van der Waals surface area contributed by atoms with Gasteiger partial charge in [0, 0.05) is 48.2 Å². The molecule has 0 spiro atoms. The Bertz CT molecular complexity index is 537. The molecule has 4 nitrogen and oxygen atoms in total. The van der Waals surface area contributed by atoms with Crippen molar-refractivity contribution in [3.05, 3.63) is 0 Å². The molecule has 0 saturated carbocycles. The predicted molar refractivity (Wildman–Crippen MR) is 114 cm³/mol. The average Bonchev–Trinajstić information content (AvgIpc) is 3.05. The molecule has 4 heteroatoms. The fourth-order valence-corrected chi connectivity index (χ4v) is 6.56. The number of rotatable bonds is 3. The zero-order valence-electron chi connectivity index (χ0n) is 19.3. The molecule has 3 aliphatic rings. The molecular formula is C23H45N3O. The summed E-state index contributed by atoms with van der Waals surface area (Å²) < 4.78 is 0. The molecule has 0 aromatic heterocycles. The second kappa shape index (κ2) is 6.97. The van der Waals surface area contributed by atoms with Crippen molar-refractivity contribution in [3.8, 4) is 0 Å². The van der Waals surface area contributed by atoms with Crippen LogP contribution in [0.15, 0.2) is 0 Å². The number of piperidine rings is 1. The zero-order chi connectivity index (χ0) is 20.3. The summed E-state index contributed by atoms with van der Waals surface area (Å²) in [5, 5.41) is 9.99. The summed E-state index contributed by atoms with van der Waals surface area (Å²) in [6.07, 6.45) is 4.96. The van der Waals surface area contributed by atoms with Crippen molar-refractivity contribution in [2.75, 3.05) is 39.8 Å². The first-order valence-electron chi connectivity index (χ1n) is 11.1. The summed E-state index contributed by atoms with van der Waals surface area (Å²) in [6, 6.07) is 0.923. The lowest BCUT2D eigenvalue weighted by atomic mass is 9.60. The molecule has 3 saturated heterocycles. The minimum atomic E-state index is 0.116. The molecule has 0 aromatic carbocycles. The molecule has 4 atom stereocenters. The number of aliphatic hydroxyl groups is 1. The van der Waals surface area contributed by atoms with Gasteiger partial charge < -0.3 is 10.0 Å². The maximum atomic E-state index is 9.99. The van der Waals surface area contributed by atoms with E-state index in [1.165, 1.54) is 45.4 Å². The van der Waals surface area contributed by atoms with Crippen LogP contribution in [0.5, 0.6) is 0 Å². The highest BCUT2D eigenvalue weighted by atomic mass is 16.3. The van der Waals surface area contributed by atoms with Crippen LogP contribution < -0.4 is 0 Å². The topological polar surface area (TPSA) is 30.0 Å². The van der Waals surface area contributed by atoms with E-state index in [2.05, 4.69) is 70.2 Å². The van der Waals surface area contributed by atoms with Crippen molar-refractivity contribution in [3.63, 3.8) is 0 Å². The van der Waals surface area contributed by atoms with Gasteiger partial charge in [0.15, 0.2) is 0 Å². The van der Waals surface area contributed by atoms with E-state index in [0.717, 1.165) is 6.42 Å². The third-order valence-electron chi connectivity index (χ3n) is 8.11. The van der Waals surface area contributed by atoms with Crippen LogP contribution in [0.25, 0.3) is 0 Å². The van der Waals surface area contributed by atoms with Crippen LogP contribution in [0.4, 0.5) is 0 Å². The van der Waals surface area contributed by atoms with Crippen molar-refractivity contribution in [2.45, 2.75) is 97.3 Å². The van der Waals surface area contributed by atoms with Gasteiger partial charge in [0.25, 0.3) is 0 Å². The Kier molecular flexibility index (Phi) is 5.56. The molecule has 158 valence electrons. The highest BCUT2D eigenvalue weighted by molar-refractivity contribution is 5.12. The Balaban J connectivity index is 1.91. The highest BCUT2D eigenvalue weighted by Gasteiger charge is 2.59. The molecule has 3 fully saturated rings. The van der Waals surface area contributed by atoms with Crippen molar-refractivity contribution in [1.29, 1.82) is 0 Å². The van der Waals surface area contributed by atoms with Crippen molar-refractivity contribution < 1.29 is 5.11 Å². The molecule has 3 aliphatic heterocycles. The Morgan fingerprint density at radius 1 is 0.926 bits per heavy atom. The van der Waals surface area contributed by atoms with Gasteiger partial charge in [-0.3, -0.25) is 9.80 Å². The average molecular weight is 380 g/mol. The third-order valence-corrected chi connectivity index (χ3v) is 8.11. The SMILES string of the molecule is CN1CC[C@@]2(C)CN(C(C)(C)C)C[C@@]2(CC2CC[C@H](CO)N2C(C)(C)C)C1. The molecule has 0 amide bonds. The first-order valence-corrected chi connectivity index (χ1v) is 11.1. The standard InChI is InChI=1S/C23H45N3O/c1-20(2,3)25-15-22(7)11-12-24(8)16-23(22,17-25)13-18-9-10-19(14-27)26(18)21(4,5)6/h18-19,27H,9-17H2,1-8H3/t18?,19-,22+,23-/m1/s1. The molecule has 0 aliphatic carbocycles. The molecule has 27 heavy (non-hydrogen) atoms. The van der Waals surface area contributed by atoms with Gasteiger partial charge in [0.1, 0.15) is 0 Å². The number of hydrogen-bond acceptors (Lipinski definition) is 4. The van der Waals surface area contributed by atoms with Gasteiger partial charge in [-0.05, 0) is 86.2 Å². The monoisotopic (exact) mass is 379 g/mol. The van der Waals surface area contributed by atoms with Crippen molar-refractivity contribution >= 4 is 0 Å². The first kappa shape index (κ1) is 21.5. The van der Waals surface area contributed by atoms with E-state index in [4.69, 9.17) is 0 Å². The summed E-state index contributed by atoms with van der Waals surface area (Å²) in [4.78, 5) is 8.00. The summed E-state index contributed by atoms with van der Waals surface area (Å²) in [6.45, 7) is 21.9. The summed E-state index contributed by atoms with van der Waals surface area (Å²) in [5.74, 6) is 0. The fourth-order valence-electron chi connectivity index (χ4n) is 6.56. The normalized spacial score (nSPS) is 39.9. The number of hydrogen-bond donors (Lipinski definition) is 1. The van der Waals surface area contributed by atoms with E-state index in [9.17, 15) is 5.11 Å². The van der Waals surface area contributed by atoms with Gasteiger partial charge in [-0.1, -0.05) is 6.92 Å². The third kappa shape index (κ3) is 3.84. The maximum Gasteiger partial charge on any atom is 0.0587 e. The van der Waals surface area contributed by atoms with Crippen molar-refractivity contribution in [2.24, 2.45) is 10.8 Å². The molecule has 0 radical (unpaired) electrons. The lowest BCUT2D eigenvalue weighted by molar-refractivity contribution is -0.0357. The van der Waals surface area contributed by atoms with Gasteiger partial charge in [0.2, 0.25) is 0 Å². The lowest BCUT2D eigenvalue weighted by Crippen LogP contribution is -2.57. The van der Waals surface area contributed by atoms with E-state index < -0.39 is 0 Å². The number of likely N-dealkylation sites (tertiary alicyclic amines) is 3. The first-order chi connectivity index (χ1) is 12.3. The summed E-state index contributed by atoms with van der Waals surface area (Å²) >= 11 is 0. The largest absolute Gasteiger partial charge is 0.395 e. The molecule has 3 heterocycles. The minimum absolute atomic E-state index is 0.116. The van der Waals surface area contributed by atoms with Crippen LogP contribution in [0.1, 0.15) is 74.1 Å². The van der Waals surface area contributed by atoms with Gasteiger partial charge in [-0.25, -0.2) is 0 Å². The van der Waals surface area contributed by atoms with Crippen molar-refractivity contribution in [1.82, 2.24) is 14.7 Å². The van der Waals surface area contributed by atoms with Crippen LogP contribution in [0, 0.1) is 10.8 Å². The summed E-state index contributed by atoms with van der Waals surface area (Å²) in [7, 11) is 2.31. The Labute approximate surface area is 168 Å². The van der Waals surface area contributed by atoms with Gasteiger partial charge >= 0.3 is 0 Å². The molecule has 3 rings (SSSR count). The van der Waals surface area contributed by atoms with Gasteiger partial charge in [0.05, 0.1) is 6.61 Å². The maximum absolute atomic E-state index is 9.99. The predicted octanol–water partition coefficient (Wildman–Crippen LogP) is 3.44. The quantitative estimate of drug-likeness (QED) is 0.813. The Morgan fingerprint density at radius 2 is 1.56 bits per heavy atom.